The molecule has 1 aromatic rings. The van der Waals surface area contributed by atoms with Crippen LogP contribution in [0.3, 0.4) is 0 Å². The molecule has 1 unspecified atom stereocenters. The van der Waals surface area contributed by atoms with Gasteiger partial charge in [0.25, 0.3) is 0 Å². The Morgan fingerprint density at radius 2 is 2.26 bits per heavy atom. The molecule has 19 heavy (non-hydrogen) atoms. The molecule has 7 nitrogen and oxygen atoms in total. The van der Waals surface area contributed by atoms with E-state index in [0.29, 0.717) is 19.4 Å². The van der Waals surface area contributed by atoms with Crippen molar-refractivity contribution >= 4 is 11.8 Å². The molecule has 0 saturated carbocycles. The molecule has 0 bridgehead atoms. The summed E-state index contributed by atoms with van der Waals surface area (Å²) in [6.07, 6.45) is 3.45. The van der Waals surface area contributed by atoms with E-state index < -0.39 is 0 Å². The number of nitrogens with one attached hydrogen (secondary N) is 1. The second-order valence-electron chi connectivity index (χ2n) is 4.66. The zero-order valence-corrected chi connectivity index (χ0v) is 11.3. The van der Waals surface area contributed by atoms with Gasteiger partial charge in [-0.2, -0.15) is 5.10 Å². The number of amides is 2. The molecule has 0 spiro atoms. The Bertz CT molecular complexity index is 470. The van der Waals surface area contributed by atoms with Crippen LogP contribution in [0.2, 0.25) is 0 Å². The van der Waals surface area contributed by atoms with E-state index in [2.05, 4.69) is 22.3 Å². The van der Waals surface area contributed by atoms with Gasteiger partial charge in [-0.15, -0.1) is 0 Å². The minimum Gasteiger partial charge on any atom is -0.299 e. The number of hydrogen-bond donors (Lipinski definition) is 1. The Morgan fingerprint density at radius 1 is 1.47 bits per heavy atom. The number of likely N-dealkylation sites (N-methyl/N-ethyl adjacent to an activating group) is 1. The van der Waals surface area contributed by atoms with Crippen molar-refractivity contribution in [1.82, 2.24) is 25.0 Å². The Morgan fingerprint density at radius 3 is 3.00 bits per heavy atom. The molecular weight excluding hydrogens is 246 g/mol. The van der Waals surface area contributed by atoms with Crippen LogP contribution in [0.1, 0.15) is 32.0 Å². The van der Waals surface area contributed by atoms with Gasteiger partial charge in [-0.1, -0.05) is 6.92 Å². The average Bonchev–Trinajstić information content (AvgIpc) is 2.83. The SMILES string of the molecule is CCCn1ncnc1CNC1CCC(=O)N(C)C1=O. The monoisotopic (exact) mass is 265 g/mol. The first-order chi connectivity index (χ1) is 9.13. The number of piperidine rings is 1. The lowest BCUT2D eigenvalue weighted by atomic mass is 10.0. The average molecular weight is 265 g/mol. The Labute approximate surface area is 112 Å². The highest BCUT2D eigenvalue weighted by Gasteiger charge is 2.31. The molecule has 0 aromatic carbocycles. The molecule has 1 saturated heterocycles. The van der Waals surface area contributed by atoms with Gasteiger partial charge in [0.1, 0.15) is 12.2 Å². The highest BCUT2D eigenvalue weighted by molar-refractivity contribution is 6.00. The van der Waals surface area contributed by atoms with Crippen LogP contribution in [0, 0.1) is 0 Å². The van der Waals surface area contributed by atoms with Crippen LogP contribution >= 0.6 is 0 Å². The largest absolute Gasteiger partial charge is 0.299 e. The lowest BCUT2D eigenvalue weighted by Gasteiger charge is -2.28. The van der Waals surface area contributed by atoms with E-state index in [1.165, 1.54) is 18.3 Å². The second kappa shape index (κ2) is 5.92. The summed E-state index contributed by atoms with van der Waals surface area (Å²) >= 11 is 0. The zero-order valence-electron chi connectivity index (χ0n) is 11.3. The first-order valence-electron chi connectivity index (χ1n) is 6.54. The van der Waals surface area contributed by atoms with Crippen LogP contribution in [-0.2, 0) is 22.7 Å². The summed E-state index contributed by atoms with van der Waals surface area (Å²) in [5.74, 6) is 0.532. The third kappa shape index (κ3) is 2.98. The molecule has 1 atom stereocenters. The number of imide groups is 1. The first-order valence-corrected chi connectivity index (χ1v) is 6.54. The standard InChI is InChI=1S/C12H19N5O2/c1-3-6-17-10(14-8-15-17)7-13-9-4-5-11(18)16(2)12(9)19/h8-9,13H,3-7H2,1-2H3. The molecule has 2 rings (SSSR count). The van der Waals surface area contributed by atoms with Crippen LogP contribution in [-0.4, -0.2) is 44.6 Å². The summed E-state index contributed by atoms with van der Waals surface area (Å²) in [4.78, 5) is 28.6. The number of carbonyl (C=O) groups is 2. The normalized spacial score (nSPS) is 20.1. The topological polar surface area (TPSA) is 80.1 Å². The molecule has 7 heteroatoms. The molecule has 104 valence electrons. The first kappa shape index (κ1) is 13.7. The van der Waals surface area contributed by atoms with Crippen molar-refractivity contribution in [2.45, 2.75) is 45.3 Å². The van der Waals surface area contributed by atoms with Crippen molar-refractivity contribution in [3.05, 3.63) is 12.2 Å². The van der Waals surface area contributed by atoms with Crippen molar-refractivity contribution in [1.29, 1.82) is 0 Å². The number of aryl methyl sites for hydroxylation is 1. The maximum atomic E-state index is 11.9. The quantitative estimate of drug-likeness (QED) is 0.754. The predicted octanol–water partition coefficient (Wildman–Crippen LogP) is -0.0749. The number of likely N-dealkylation sites (tertiary alicyclic amines) is 1. The fraction of sp³-hybridized carbons (Fsp3) is 0.667. The van der Waals surface area contributed by atoms with E-state index in [1.807, 2.05) is 4.68 Å². The van der Waals surface area contributed by atoms with Crippen molar-refractivity contribution < 1.29 is 9.59 Å². The van der Waals surface area contributed by atoms with Crippen LogP contribution in [0.25, 0.3) is 0 Å². The fourth-order valence-corrected chi connectivity index (χ4v) is 2.14. The number of hydrogen-bond acceptors (Lipinski definition) is 5. The molecular formula is C12H19N5O2. The van der Waals surface area contributed by atoms with Crippen molar-refractivity contribution in [3.8, 4) is 0 Å². The molecule has 1 aliphatic rings. The Hall–Kier alpha value is -1.76. The predicted molar refractivity (Wildman–Crippen MR) is 68.0 cm³/mol. The Balaban J connectivity index is 1.93. The number of rotatable bonds is 5. The lowest BCUT2D eigenvalue weighted by Crippen LogP contribution is -2.51. The molecule has 1 fully saturated rings. The van der Waals surface area contributed by atoms with Crippen molar-refractivity contribution in [3.63, 3.8) is 0 Å². The molecule has 0 aliphatic carbocycles. The van der Waals surface area contributed by atoms with Gasteiger partial charge < -0.3 is 0 Å². The third-order valence-electron chi connectivity index (χ3n) is 3.29. The van der Waals surface area contributed by atoms with Crippen LogP contribution in [0.4, 0.5) is 0 Å². The van der Waals surface area contributed by atoms with E-state index in [-0.39, 0.29) is 17.9 Å². The number of aromatic nitrogens is 3. The number of carbonyl (C=O) groups excluding carboxylic acids is 2. The highest BCUT2D eigenvalue weighted by atomic mass is 16.2. The van der Waals surface area contributed by atoms with E-state index in [1.54, 1.807) is 0 Å². The highest BCUT2D eigenvalue weighted by Crippen LogP contribution is 2.11. The third-order valence-corrected chi connectivity index (χ3v) is 3.29. The van der Waals surface area contributed by atoms with Crippen LogP contribution in [0.15, 0.2) is 6.33 Å². The minimum atomic E-state index is -0.311. The lowest BCUT2D eigenvalue weighted by molar-refractivity contribution is -0.148. The maximum Gasteiger partial charge on any atom is 0.246 e. The van der Waals surface area contributed by atoms with Gasteiger partial charge in [0.05, 0.1) is 12.6 Å². The molecule has 0 radical (unpaired) electrons. The maximum absolute atomic E-state index is 11.9. The molecule has 2 amide bonds. The van der Waals surface area contributed by atoms with Crippen LogP contribution < -0.4 is 5.32 Å². The minimum absolute atomic E-state index is 0.114. The molecule has 1 aromatic heterocycles. The smallest absolute Gasteiger partial charge is 0.246 e. The molecule has 1 N–H and O–H groups in total. The summed E-state index contributed by atoms with van der Waals surface area (Å²) in [7, 11) is 1.53. The van der Waals surface area contributed by atoms with Crippen molar-refractivity contribution in [2.24, 2.45) is 0 Å². The zero-order chi connectivity index (χ0) is 13.8. The molecule has 1 aliphatic heterocycles. The summed E-state index contributed by atoms with van der Waals surface area (Å²) in [6, 6.07) is -0.311. The van der Waals surface area contributed by atoms with Gasteiger partial charge in [0.2, 0.25) is 11.8 Å². The van der Waals surface area contributed by atoms with Gasteiger partial charge in [0.15, 0.2) is 0 Å². The second-order valence-corrected chi connectivity index (χ2v) is 4.66. The van der Waals surface area contributed by atoms with Crippen LogP contribution in [0.5, 0.6) is 0 Å². The van der Waals surface area contributed by atoms with Gasteiger partial charge in [0, 0.05) is 20.0 Å². The summed E-state index contributed by atoms with van der Waals surface area (Å²) in [5.41, 5.74) is 0. The van der Waals surface area contributed by atoms with Gasteiger partial charge in [-0.05, 0) is 12.8 Å². The van der Waals surface area contributed by atoms with Gasteiger partial charge in [-0.3, -0.25) is 19.8 Å². The van der Waals surface area contributed by atoms with Gasteiger partial charge >= 0.3 is 0 Å². The van der Waals surface area contributed by atoms with E-state index in [9.17, 15) is 9.59 Å². The van der Waals surface area contributed by atoms with Gasteiger partial charge in [-0.25, -0.2) is 9.67 Å². The van der Waals surface area contributed by atoms with E-state index in [4.69, 9.17) is 0 Å². The summed E-state index contributed by atoms with van der Waals surface area (Å²) < 4.78 is 1.83. The summed E-state index contributed by atoms with van der Waals surface area (Å²) in [5, 5.41) is 7.29. The fourth-order valence-electron chi connectivity index (χ4n) is 2.14. The van der Waals surface area contributed by atoms with E-state index in [0.717, 1.165) is 18.8 Å². The van der Waals surface area contributed by atoms with Crippen molar-refractivity contribution in [2.75, 3.05) is 7.05 Å². The van der Waals surface area contributed by atoms with E-state index >= 15 is 0 Å². The summed E-state index contributed by atoms with van der Waals surface area (Å²) in [6.45, 7) is 3.37. The molecule has 2 heterocycles. The Kier molecular flexibility index (Phi) is 4.26. The number of nitrogens with zero attached hydrogens (tertiary/aromatic N) is 4.